The molecule has 1 unspecified atom stereocenters. The number of esters is 3. The minimum absolute atomic E-state index is 0.0755. The molecule has 0 aromatic heterocycles. The molecule has 6 heteroatoms. The molecule has 0 aliphatic rings. The molecule has 0 rings (SSSR count). The summed E-state index contributed by atoms with van der Waals surface area (Å²) in [5.41, 5.74) is 0. The van der Waals surface area contributed by atoms with E-state index >= 15 is 0 Å². The summed E-state index contributed by atoms with van der Waals surface area (Å²) in [4.78, 5) is 38.5. The number of rotatable bonds is 64. The molecule has 0 radical (unpaired) electrons. The smallest absolute Gasteiger partial charge is 0.306 e. The molecule has 0 aromatic carbocycles. The SMILES string of the molecule is CC/C=C\C/C=C\C/C=C\CCCCCCCCCC(=O)OCC(COC(=O)CCCCCCCCCCCCCCCCCCCCCCCCC)OC(=O)CCCCCCCCCCC/C=C\C/C=C\CCCCCCC. The molecule has 0 aliphatic carbocycles. The second-order valence-corrected chi connectivity index (χ2v) is 23.4. The van der Waals surface area contributed by atoms with Gasteiger partial charge in [0.2, 0.25) is 0 Å². The first-order valence-electron chi connectivity index (χ1n) is 34.8. The molecule has 0 heterocycles. The molecule has 0 aromatic rings. The van der Waals surface area contributed by atoms with Crippen LogP contribution in [0.3, 0.4) is 0 Å². The van der Waals surface area contributed by atoms with Crippen LogP contribution in [0.15, 0.2) is 60.8 Å². The number of carbonyl (C=O) groups is 3. The number of unbranched alkanes of at least 4 members (excludes halogenated alkanes) is 43. The number of ether oxygens (including phenoxy) is 3. The molecule has 0 amide bonds. The zero-order chi connectivity index (χ0) is 57.1. The van der Waals surface area contributed by atoms with Crippen LogP contribution in [0.2, 0.25) is 0 Å². The van der Waals surface area contributed by atoms with Gasteiger partial charge in [-0.2, -0.15) is 0 Å². The fraction of sp³-hybridized carbons (Fsp3) is 0.822. The van der Waals surface area contributed by atoms with Crippen molar-refractivity contribution in [2.45, 2.75) is 374 Å². The Hall–Kier alpha value is -2.89. The zero-order valence-electron chi connectivity index (χ0n) is 52.9. The fourth-order valence-electron chi connectivity index (χ4n) is 10.3. The third kappa shape index (κ3) is 65.8. The van der Waals surface area contributed by atoms with Gasteiger partial charge in [0, 0.05) is 19.3 Å². The molecule has 0 saturated carbocycles. The third-order valence-electron chi connectivity index (χ3n) is 15.5. The summed E-state index contributed by atoms with van der Waals surface area (Å²) in [5, 5.41) is 0. The Morgan fingerprint density at radius 2 is 0.494 bits per heavy atom. The van der Waals surface area contributed by atoms with E-state index in [0.717, 1.165) is 89.9 Å². The van der Waals surface area contributed by atoms with Crippen LogP contribution in [0.5, 0.6) is 0 Å². The van der Waals surface area contributed by atoms with Gasteiger partial charge in [-0.1, -0.05) is 326 Å². The van der Waals surface area contributed by atoms with Crippen molar-refractivity contribution in [1.82, 2.24) is 0 Å². The first-order chi connectivity index (χ1) is 39.0. The van der Waals surface area contributed by atoms with Gasteiger partial charge in [-0.3, -0.25) is 14.4 Å². The lowest BCUT2D eigenvalue weighted by Gasteiger charge is -2.18. The highest BCUT2D eigenvalue weighted by Gasteiger charge is 2.19. The number of hydrogen-bond donors (Lipinski definition) is 0. The Balaban J connectivity index is 4.33. The lowest BCUT2D eigenvalue weighted by atomic mass is 10.0. The second kappa shape index (κ2) is 67.6. The van der Waals surface area contributed by atoms with E-state index in [4.69, 9.17) is 14.2 Å². The Morgan fingerprint density at radius 1 is 0.266 bits per heavy atom. The summed E-state index contributed by atoms with van der Waals surface area (Å²) < 4.78 is 17.0. The summed E-state index contributed by atoms with van der Waals surface area (Å²) >= 11 is 0. The van der Waals surface area contributed by atoms with E-state index in [1.54, 1.807) is 0 Å². The van der Waals surface area contributed by atoms with E-state index < -0.39 is 6.10 Å². The van der Waals surface area contributed by atoms with E-state index in [-0.39, 0.29) is 31.1 Å². The van der Waals surface area contributed by atoms with Gasteiger partial charge in [-0.25, -0.2) is 0 Å². The van der Waals surface area contributed by atoms with Crippen LogP contribution < -0.4 is 0 Å². The number of carbonyl (C=O) groups excluding carboxylic acids is 3. The van der Waals surface area contributed by atoms with Crippen LogP contribution in [0, 0.1) is 0 Å². The highest BCUT2D eigenvalue weighted by molar-refractivity contribution is 5.71. The third-order valence-corrected chi connectivity index (χ3v) is 15.5. The van der Waals surface area contributed by atoms with Crippen molar-refractivity contribution >= 4 is 17.9 Å². The maximum absolute atomic E-state index is 13.0. The summed E-state index contributed by atoms with van der Waals surface area (Å²) in [5.74, 6) is -0.866. The van der Waals surface area contributed by atoms with Crippen molar-refractivity contribution in [3.63, 3.8) is 0 Å². The maximum Gasteiger partial charge on any atom is 0.306 e. The van der Waals surface area contributed by atoms with Gasteiger partial charge in [0.05, 0.1) is 0 Å². The molecule has 0 N–H and O–H groups in total. The van der Waals surface area contributed by atoms with Crippen molar-refractivity contribution < 1.29 is 28.6 Å². The van der Waals surface area contributed by atoms with E-state index in [1.165, 1.54) is 238 Å². The molecule has 0 saturated heterocycles. The summed E-state index contributed by atoms with van der Waals surface area (Å²) in [7, 11) is 0. The monoisotopic (exact) mass is 1110 g/mol. The van der Waals surface area contributed by atoms with Gasteiger partial charge in [0.1, 0.15) is 13.2 Å². The topological polar surface area (TPSA) is 78.9 Å². The molecule has 79 heavy (non-hydrogen) atoms. The standard InChI is InChI=1S/C73H132O6/c1-4-7-10-13-16-19-22-25-28-31-33-35-36-38-39-42-45-48-51-54-57-60-63-66-72(75)78-69-70(68-77-71(74)65-62-59-56-53-50-47-44-41-30-27-24-21-18-15-12-9-6-3)79-73(76)67-64-61-58-55-52-49-46-43-40-37-34-32-29-26-23-20-17-14-11-8-5-2/h9,12,18,21,23,26-27,30,32,34,70H,4-8,10-11,13-17,19-20,22,24-25,28-29,31,33,35-69H2,1-3H3/b12-9-,21-18-,26-23-,30-27-,34-32-. The average molecular weight is 1110 g/mol. The van der Waals surface area contributed by atoms with Gasteiger partial charge in [0.25, 0.3) is 0 Å². The van der Waals surface area contributed by atoms with Crippen LogP contribution in [0.25, 0.3) is 0 Å². The molecule has 0 spiro atoms. The van der Waals surface area contributed by atoms with Crippen molar-refractivity contribution in [2.24, 2.45) is 0 Å². The zero-order valence-corrected chi connectivity index (χ0v) is 52.9. The largest absolute Gasteiger partial charge is 0.462 e. The summed E-state index contributed by atoms with van der Waals surface area (Å²) in [6, 6.07) is 0. The average Bonchev–Trinajstić information content (AvgIpc) is 3.45. The summed E-state index contributed by atoms with van der Waals surface area (Å²) in [6.07, 6.45) is 86.7. The molecule has 0 aliphatic heterocycles. The minimum Gasteiger partial charge on any atom is -0.462 e. The fourth-order valence-corrected chi connectivity index (χ4v) is 10.3. The predicted molar refractivity (Wildman–Crippen MR) is 344 cm³/mol. The van der Waals surface area contributed by atoms with Crippen LogP contribution in [-0.2, 0) is 28.6 Å². The van der Waals surface area contributed by atoms with Gasteiger partial charge < -0.3 is 14.2 Å². The van der Waals surface area contributed by atoms with Crippen LogP contribution in [0.1, 0.15) is 367 Å². The Labute approximate surface area is 491 Å². The number of hydrogen-bond acceptors (Lipinski definition) is 6. The number of allylic oxidation sites excluding steroid dienone is 10. The lowest BCUT2D eigenvalue weighted by molar-refractivity contribution is -0.167. The van der Waals surface area contributed by atoms with Gasteiger partial charge >= 0.3 is 17.9 Å². The van der Waals surface area contributed by atoms with E-state index in [9.17, 15) is 14.4 Å². The Kier molecular flexibility index (Phi) is 65.1. The highest BCUT2D eigenvalue weighted by atomic mass is 16.6. The van der Waals surface area contributed by atoms with Crippen molar-refractivity contribution in [1.29, 1.82) is 0 Å². The van der Waals surface area contributed by atoms with Gasteiger partial charge in [-0.15, -0.1) is 0 Å². The molecule has 0 fully saturated rings. The minimum atomic E-state index is -0.781. The van der Waals surface area contributed by atoms with E-state index in [0.29, 0.717) is 19.3 Å². The lowest BCUT2D eigenvalue weighted by Crippen LogP contribution is -2.30. The van der Waals surface area contributed by atoms with Crippen LogP contribution in [0.4, 0.5) is 0 Å². The van der Waals surface area contributed by atoms with Crippen molar-refractivity contribution in [3.05, 3.63) is 60.8 Å². The highest BCUT2D eigenvalue weighted by Crippen LogP contribution is 2.18. The molecule has 0 bridgehead atoms. The molecular weight excluding hydrogens is 973 g/mol. The van der Waals surface area contributed by atoms with Crippen LogP contribution >= 0.6 is 0 Å². The molecule has 6 nitrogen and oxygen atoms in total. The normalized spacial score (nSPS) is 12.4. The van der Waals surface area contributed by atoms with Gasteiger partial charge in [0.15, 0.2) is 6.10 Å². The maximum atomic E-state index is 13.0. The first kappa shape index (κ1) is 76.1. The molecule has 1 atom stereocenters. The van der Waals surface area contributed by atoms with Crippen molar-refractivity contribution in [2.75, 3.05) is 13.2 Å². The quantitative estimate of drug-likeness (QED) is 0.0261. The predicted octanol–water partition coefficient (Wildman–Crippen LogP) is 23.9. The molecular formula is C73H132O6. The van der Waals surface area contributed by atoms with E-state index in [1.807, 2.05) is 0 Å². The van der Waals surface area contributed by atoms with Crippen LogP contribution in [-0.4, -0.2) is 37.2 Å². The Morgan fingerprint density at radius 3 is 0.772 bits per heavy atom. The second-order valence-electron chi connectivity index (χ2n) is 23.4. The first-order valence-corrected chi connectivity index (χ1v) is 34.8. The van der Waals surface area contributed by atoms with Crippen molar-refractivity contribution in [3.8, 4) is 0 Å². The van der Waals surface area contributed by atoms with Gasteiger partial charge in [-0.05, 0) is 83.5 Å². The molecule has 460 valence electrons. The van der Waals surface area contributed by atoms with E-state index in [2.05, 4.69) is 81.5 Å². The Bertz CT molecular complexity index is 1410. The summed E-state index contributed by atoms with van der Waals surface area (Å²) in [6.45, 7) is 6.57.